The number of rotatable bonds is 7. The van der Waals surface area contributed by atoms with E-state index in [0.717, 1.165) is 6.42 Å². The van der Waals surface area contributed by atoms with Gasteiger partial charge in [-0.1, -0.05) is 40.0 Å². The lowest BCUT2D eigenvalue weighted by atomic mass is 9.74. The van der Waals surface area contributed by atoms with Crippen molar-refractivity contribution in [2.24, 2.45) is 16.9 Å². The van der Waals surface area contributed by atoms with Gasteiger partial charge in [-0.05, 0) is 24.7 Å². The van der Waals surface area contributed by atoms with Crippen molar-refractivity contribution in [3.05, 3.63) is 0 Å². The first-order valence-corrected chi connectivity index (χ1v) is 5.64. The minimum atomic E-state index is -0.149. The Morgan fingerprint density at radius 1 is 1.00 bits per heavy atom. The van der Waals surface area contributed by atoms with Crippen LogP contribution in [0.5, 0.6) is 0 Å². The lowest BCUT2D eigenvalue weighted by Gasteiger charge is -2.36. The van der Waals surface area contributed by atoms with Crippen LogP contribution < -0.4 is 11.5 Å². The minimum absolute atomic E-state index is 0.149. The molecule has 0 aromatic rings. The summed E-state index contributed by atoms with van der Waals surface area (Å²) in [6, 6.07) is 0. The highest BCUT2D eigenvalue weighted by Crippen LogP contribution is 2.35. The van der Waals surface area contributed by atoms with Crippen LogP contribution >= 0.6 is 0 Å². The first-order valence-electron chi connectivity index (χ1n) is 5.64. The molecule has 0 aliphatic carbocycles. The summed E-state index contributed by atoms with van der Waals surface area (Å²) in [4.78, 5) is 0. The smallest absolute Gasteiger partial charge is 0.0578 e. The average molecular weight is 186 g/mol. The summed E-state index contributed by atoms with van der Waals surface area (Å²) in [5.74, 6) is 0. The zero-order valence-corrected chi connectivity index (χ0v) is 9.47. The molecule has 0 rings (SSSR count). The van der Waals surface area contributed by atoms with Crippen LogP contribution in [-0.2, 0) is 0 Å². The van der Waals surface area contributed by atoms with Crippen molar-refractivity contribution >= 4 is 0 Å². The van der Waals surface area contributed by atoms with Crippen molar-refractivity contribution in [1.29, 1.82) is 0 Å². The third kappa shape index (κ3) is 3.65. The third-order valence-corrected chi connectivity index (χ3v) is 3.19. The predicted molar refractivity (Wildman–Crippen MR) is 59.3 cm³/mol. The van der Waals surface area contributed by atoms with E-state index in [0.29, 0.717) is 0 Å². The lowest BCUT2D eigenvalue weighted by Crippen LogP contribution is -2.48. The van der Waals surface area contributed by atoms with Gasteiger partial charge in [0.25, 0.3) is 0 Å². The summed E-state index contributed by atoms with van der Waals surface area (Å²) in [5, 5.41) is 0. The molecule has 0 aliphatic heterocycles. The van der Waals surface area contributed by atoms with Crippen molar-refractivity contribution < 1.29 is 0 Å². The fourth-order valence-corrected chi connectivity index (χ4v) is 2.07. The van der Waals surface area contributed by atoms with Crippen LogP contribution in [0.15, 0.2) is 0 Å². The Labute approximate surface area is 83.1 Å². The zero-order chi connectivity index (χ0) is 10.3. The molecule has 0 heterocycles. The second-order valence-electron chi connectivity index (χ2n) is 4.10. The first kappa shape index (κ1) is 12.9. The zero-order valence-electron chi connectivity index (χ0n) is 9.47. The molecule has 0 spiro atoms. The van der Waals surface area contributed by atoms with E-state index in [-0.39, 0.29) is 11.6 Å². The summed E-state index contributed by atoms with van der Waals surface area (Å²) in [6.07, 6.45) is 6.98. The Morgan fingerprint density at radius 2 is 1.62 bits per heavy atom. The SMILES string of the molecule is CCCCC(CC)(CCC)C(N)N. The maximum absolute atomic E-state index is 5.89. The molecule has 80 valence electrons. The van der Waals surface area contributed by atoms with Crippen LogP contribution in [0.4, 0.5) is 0 Å². The summed E-state index contributed by atoms with van der Waals surface area (Å²) in [7, 11) is 0. The van der Waals surface area contributed by atoms with Crippen LogP contribution in [0, 0.1) is 5.41 Å². The van der Waals surface area contributed by atoms with Gasteiger partial charge in [-0.2, -0.15) is 0 Å². The molecular formula is C11H26N2. The Balaban J connectivity index is 4.26. The van der Waals surface area contributed by atoms with Crippen molar-refractivity contribution in [3.63, 3.8) is 0 Å². The first-order chi connectivity index (χ1) is 6.13. The second kappa shape index (κ2) is 6.39. The quantitative estimate of drug-likeness (QED) is 0.600. The second-order valence-corrected chi connectivity index (χ2v) is 4.10. The third-order valence-electron chi connectivity index (χ3n) is 3.19. The van der Waals surface area contributed by atoms with Crippen LogP contribution in [-0.4, -0.2) is 6.17 Å². The summed E-state index contributed by atoms with van der Waals surface area (Å²) < 4.78 is 0. The molecule has 0 radical (unpaired) electrons. The van der Waals surface area contributed by atoms with Gasteiger partial charge in [-0.15, -0.1) is 0 Å². The fourth-order valence-electron chi connectivity index (χ4n) is 2.07. The van der Waals surface area contributed by atoms with E-state index in [1.807, 2.05) is 0 Å². The standard InChI is InChI=1S/C11H26N2/c1-4-7-9-11(6-3,8-5-2)10(12)13/h10H,4-9,12-13H2,1-3H3. The highest BCUT2D eigenvalue weighted by Gasteiger charge is 2.30. The molecule has 1 unspecified atom stereocenters. The van der Waals surface area contributed by atoms with Gasteiger partial charge in [-0.25, -0.2) is 0 Å². The maximum Gasteiger partial charge on any atom is 0.0578 e. The predicted octanol–water partition coefficient (Wildman–Crippen LogP) is 2.62. The normalized spacial score (nSPS) is 16.2. The molecule has 1 atom stereocenters. The Kier molecular flexibility index (Phi) is 6.35. The lowest BCUT2D eigenvalue weighted by molar-refractivity contribution is 0.171. The highest BCUT2D eigenvalue weighted by molar-refractivity contribution is 4.84. The largest absolute Gasteiger partial charge is 0.316 e. The molecule has 0 aliphatic rings. The van der Waals surface area contributed by atoms with Gasteiger partial charge >= 0.3 is 0 Å². The van der Waals surface area contributed by atoms with Gasteiger partial charge < -0.3 is 11.5 Å². The highest BCUT2D eigenvalue weighted by atomic mass is 14.9. The van der Waals surface area contributed by atoms with E-state index in [1.54, 1.807) is 0 Å². The fraction of sp³-hybridized carbons (Fsp3) is 1.00. The van der Waals surface area contributed by atoms with Gasteiger partial charge in [0.15, 0.2) is 0 Å². The molecule has 2 nitrogen and oxygen atoms in total. The minimum Gasteiger partial charge on any atom is -0.316 e. The molecule has 2 heteroatoms. The molecule has 0 aromatic heterocycles. The van der Waals surface area contributed by atoms with Crippen molar-refractivity contribution in [2.75, 3.05) is 0 Å². The molecule has 0 saturated carbocycles. The van der Waals surface area contributed by atoms with E-state index >= 15 is 0 Å². The van der Waals surface area contributed by atoms with Crippen molar-refractivity contribution in [1.82, 2.24) is 0 Å². The monoisotopic (exact) mass is 186 g/mol. The molecule has 0 bridgehead atoms. The van der Waals surface area contributed by atoms with Gasteiger partial charge in [-0.3, -0.25) is 0 Å². The summed E-state index contributed by atoms with van der Waals surface area (Å²) in [5.41, 5.74) is 12.0. The van der Waals surface area contributed by atoms with E-state index < -0.39 is 0 Å². The summed E-state index contributed by atoms with van der Waals surface area (Å²) >= 11 is 0. The van der Waals surface area contributed by atoms with Gasteiger partial charge in [0.2, 0.25) is 0 Å². The van der Waals surface area contributed by atoms with Gasteiger partial charge in [0.05, 0.1) is 6.17 Å². The molecule has 13 heavy (non-hydrogen) atoms. The molecular weight excluding hydrogens is 160 g/mol. The van der Waals surface area contributed by atoms with Crippen LogP contribution in [0.1, 0.15) is 59.3 Å². The van der Waals surface area contributed by atoms with Crippen molar-refractivity contribution in [3.8, 4) is 0 Å². The van der Waals surface area contributed by atoms with E-state index in [2.05, 4.69) is 20.8 Å². The van der Waals surface area contributed by atoms with Gasteiger partial charge in [0, 0.05) is 0 Å². The number of unbranched alkanes of at least 4 members (excludes halogenated alkanes) is 1. The van der Waals surface area contributed by atoms with E-state index in [4.69, 9.17) is 11.5 Å². The number of hydrogen-bond acceptors (Lipinski definition) is 2. The van der Waals surface area contributed by atoms with Crippen LogP contribution in [0.3, 0.4) is 0 Å². The maximum atomic E-state index is 5.89. The van der Waals surface area contributed by atoms with Crippen LogP contribution in [0.25, 0.3) is 0 Å². The van der Waals surface area contributed by atoms with Crippen molar-refractivity contribution in [2.45, 2.75) is 65.5 Å². The number of nitrogens with two attached hydrogens (primary N) is 2. The Morgan fingerprint density at radius 3 is 1.92 bits per heavy atom. The topological polar surface area (TPSA) is 52.0 Å². The molecule has 0 saturated heterocycles. The molecule has 0 aromatic carbocycles. The molecule has 0 amide bonds. The van der Waals surface area contributed by atoms with E-state index in [9.17, 15) is 0 Å². The van der Waals surface area contributed by atoms with E-state index in [1.165, 1.54) is 32.1 Å². The summed E-state index contributed by atoms with van der Waals surface area (Å²) in [6.45, 7) is 6.63. The molecule has 0 fully saturated rings. The van der Waals surface area contributed by atoms with Gasteiger partial charge in [0.1, 0.15) is 0 Å². The molecule has 4 N–H and O–H groups in total. The Hall–Kier alpha value is -0.0800. The van der Waals surface area contributed by atoms with Crippen LogP contribution in [0.2, 0.25) is 0 Å². The number of hydrogen-bond donors (Lipinski definition) is 2. The average Bonchev–Trinajstić information content (AvgIpc) is 2.12. The Bertz CT molecular complexity index is 123.